The van der Waals surface area contributed by atoms with Crippen LogP contribution in [-0.4, -0.2) is 26.7 Å². The summed E-state index contributed by atoms with van der Waals surface area (Å²) in [5.74, 6) is -2.87. The zero-order valence-corrected chi connectivity index (χ0v) is 13.3. The van der Waals surface area contributed by atoms with Crippen molar-refractivity contribution in [2.24, 2.45) is 0 Å². The van der Waals surface area contributed by atoms with Crippen LogP contribution in [0.4, 0.5) is 20.2 Å². The molecule has 7 heteroatoms. The van der Waals surface area contributed by atoms with Gasteiger partial charge in [-0.15, -0.1) is 0 Å². The largest absolute Gasteiger partial charge is 0.491 e. The van der Waals surface area contributed by atoms with Gasteiger partial charge in [-0.25, -0.2) is 8.78 Å². The Labute approximate surface area is 138 Å². The summed E-state index contributed by atoms with van der Waals surface area (Å²) in [6, 6.07) is 7.66. The lowest BCUT2D eigenvalue weighted by atomic mass is 10.1. The first-order valence-corrected chi connectivity index (χ1v) is 7.39. The molecule has 0 spiro atoms. The second-order valence-corrected chi connectivity index (χ2v) is 5.50. The molecule has 0 fully saturated rings. The van der Waals surface area contributed by atoms with Crippen LogP contribution in [0.1, 0.15) is 15.9 Å². The van der Waals surface area contributed by atoms with Crippen molar-refractivity contribution in [2.75, 3.05) is 31.0 Å². The maximum atomic E-state index is 13.7. The molecule has 0 bridgehead atoms. The number of nitrogens with one attached hydrogen (secondary N) is 2. The molecule has 24 heavy (non-hydrogen) atoms. The van der Waals surface area contributed by atoms with Gasteiger partial charge in [0.1, 0.15) is 0 Å². The van der Waals surface area contributed by atoms with E-state index in [1.165, 1.54) is 7.11 Å². The Morgan fingerprint density at radius 2 is 2.04 bits per heavy atom. The number of halogens is 2. The van der Waals surface area contributed by atoms with Gasteiger partial charge in [-0.1, -0.05) is 12.1 Å². The first-order valence-electron chi connectivity index (χ1n) is 7.39. The van der Waals surface area contributed by atoms with Crippen molar-refractivity contribution in [3.63, 3.8) is 0 Å². The second kappa shape index (κ2) is 6.35. The van der Waals surface area contributed by atoms with Crippen LogP contribution in [0, 0.1) is 11.6 Å². The number of benzene rings is 2. The van der Waals surface area contributed by atoms with Gasteiger partial charge < -0.3 is 20.3 Å². The molecule has 0 saturated heterocycles. The Hall–Kier alpha value is -2.83. The lowest BCUT2D eigenvalue weighted by Gasteiger charge is -2.15. The fourth-order valence-corrected chi connectivity index (χ4v) is 2.77. The molecule has 1 heterocycles. The molecule has 0 aromatic heterocycles. The number of hydrogen-bond acceptors (Lipinski definition) is 4. The number of nitrogens with zero attached hydrogens (tertiary/aromatic N) is 1. The molecule has 126 valence electrons. The number of rotatable bonds is 4. The first-order chi connectivity index (χ1) is 11.5. The highest BCUT2D eigenvalue weighted by Crippen LogP contribution is 2.33. The molecule has 0 atom stereocenters. The number of para-hydroxylation sites is 1. The third-order valence-electron chi connectivity index (χ3n) is 3.91. The quantitative estimate of drug-likeness (QED) is 0.903. The average Bonchev–Trinajstić information content (AvgIpc) is 2.94. The van der Waals surface area contributed by atoms with Gasteiger partial charge in [0.2, 0.25) is 0 Å². The van der Waals surface area contributed by atoms with E-state index in [2.05, 4.69) is 15.4 Å². The minimum atomic E-state index is -0.910. The summed E-state index contributed by atoms with van der Waals surface area (Å²) >= 11 is 0. The number of amides is 1. The van der Waals surface area contributed by atoms with Gasteiger partial charge in [-0.05, 0) is 23.8 Å². The summed E-state index contributed by atoms with van der Waals surface area (Å²) in [5, 5.41) is 5.93. The molecule has 1 aliphatic heterocycles. The molecule has 0 aliphatic carbocycles. The molecule has 0 radical (unpaired) electrons. The zero-order valence-electron chi connectivity index (χ0n) is 13.3. The SMILES string of the molecule is COc1c(F)cc(C(=O)NCc2cccc3c2N(C)CN3)cc1F. The van der Waals surface area contributed by atoms with Crippen molar-refractivity contribution in [2.45, 2.75) is 6.54 Å². The van der Waals surface area contributed by atoms with Crippen LogP contribution in [0.2, 0.25) is 0 Å². The number of anilines is 2. The van der Waals surface area contributed by atoms with Crippen LogP contribution in [-0.2, 0) is 6.54 Å². The Morgan fingerprint density at radius 1 is 1.33 bits per heavy atom. The van der Waals surface area contributed by atoms with Crippen molar-refractivity contribution in [1.82, 2.24) is 5.32 Å². The summed E-state index contributed by atoms with van der Waals surface area (Å²) in [6.07, 6.45) is 0. The van der Waals surface area contributed by atoms with Crippen molar-refractivity contribution >= 4 is 17.3 Å². The Balaban J connectivity index is 1.77. The topological polar surface area (TPSA) is 53.6 Å². The van der Waals surface area contributed by atoms with E-state index in [0.717, 1.165) is 29.1 Å². The van der Waals surface area contributed by atoms with Crippen molar-refractivity contribution in [1.29, 1.82) is 0 Å². The van der Waals surface area contributed by atoms with Crippen LogP contribution >= 0.6 is 0 Å². The van der Waals surface area contributed by atoms with E-state index < -0.39 is 23.3 Å². The molecule has 0 saturated carbocycles. The summed E-state index contributed by atoms with van der Waals surface area (Å²) in [7, 11) is 3.11. The molecule has 3 rings (SSSR count). The minimum absolute atomic E-state index is 0.0927. The molecule has 1 aliphatic rings. The molecular weight excluding hydrogens is 316 g/mol. The van der Waals surface area contributed by atoms with E-state index in [1.54, 1.807) is 0 Å². The van der Waals surface area contributed by atoms with Gasteiger partial charge in [0.25, 0.3) is 5.91 Å². The van der Waals surface area contributed by atoms with Gasteiger partial charge in [0.15, 0.2) is 17.4 Å². The summed E-state index contributed by atoms with van der Waals surface area (Å²) in [5.41, 5.74) is 2.82. The van der Waals surface area contributed by atoms with E-state index >= 15 is 0 Å². The van der Waals surface area contributed by atoms with Crippen molar-refractivity contribution in [3.05, 3.63) is 53.1 Å². The highest BCUT2D eigenvalue weighted by atomic mass is 19.1. The number of fused-ring (bicyclic) bond motifs is 1. The van der Waals surface area contributed by atoms with Crippen LogP contribution in [0.3, 0.4) is 0 Å². The van der Waals surface area contributed by atoms with Crippen molar-refractivity contribution in [3.8, 4) is 5.75 Å². The van der Waals surface area contributed by atoms with E-state index in [9.17, 15) is 13.6 Å². The Kier molecular flexibility index (Phi) is 4.24. The summed E-state index contributed by atoms with van der Waals surface area (Å²) < 4.78 is 32.0. The van der Waals surface area contributed by atoms with Gasteiger partial charge in [0.05, 0.1) is 25.2 Å². The predicted octanol–water partition coefficient (Wildman–Crippen LogP) is 2.72. The first kappa shape index (κ1) is 16.0. The Morgan fingerprint density at radius 3 is 2.71 bits per heavy atom. The van der Waals surface area contributed by atoms with Gasteiger partial charge in [-0.3, -0.25) is 4.79 Å². The molecule has 1 amide bonds. The van der Waals surface area contributed by atoms with E-state index in [1.807, 2.05) is 30.1 Å². The van der Waals surface area contributed by atoms with E-state index in [0.29, 0.717) is 6.67 Å². The predicted molar refractivity (Wildman–Crippen MR) is 87.4 cm³/mol. The van der Waals surface area contributed by atoms with Crippen LogP contribution in [0.15, 0.2) is 30.3 Å². The second-order valence-electron chi connectivity index (χ2n) is 5.50. The van der Waals surface area contributed by atoms with E-state index in [4.69, 9.17) is 0 Å². The van der Waals surface area contributed by atoms with Crippen molar-refractivity contribution < 1.29 is 18.3 Å². The maximum absolute atomic E-state index is 13.7. The zero-order chi connectivity index (χ0) is 17.3. The molecular formula is C17H17F2N3O2. The lowest BCUT2D eigenvalue weighted by Crippen LogP contribution is -2.24. The molecule has 0 unspecified atom stereocenters. The smallest absolute Gasteiger partial charge is 0.251 e. The van der Waals surface area contributed by atoms with Gasteiger partial charge in [0, 0.05) is 19.2 Å². The minimum Gasteiger partial charge on any atom is -0.491 e. The standard InChI is InChI=1S/C17H17F2N3O2/c1-22-9-21-14-5-3-4-10(15(14)22)8-20-17(23)11-6-12(18)16(24-2)13(19)7-11/h3-7,21H,8-9H2,1-2H3,(H,20,23). The maximum Gasteiger partial charge on any atom is 0.251 e. The summed E-state index contributed by atoms with van der Waals surface area (Å²) in [4.78, 5) is 14.2. The highest BCUT2D eigenvalue weighted by molar-refractivity contribution is 5.94. The van der Waals surface area contributed by atoms with Crippen LogP contribution in [0.5, 0.6) is 5.75 Å². The van der Waals surface area contributed by atoms with Gasteiger partial charge >= 0.3 is 0 Å². The number of ether oxygens (including phenoxy) is 1. The summed E-state index contributed by atoms with van der Waals surface area (Å²) in [6.45, 7) is 0.943. The molecule has 2 N–H and O–H groups in total. The molecule has 5 nitrogen and oxygen atoms in total. The molecule has 2 aromatic carbocycles. The number of carbonyl (C=O) groups is 1. The lowest BCUT2D eigenvalue weighted by molar-refractivity contribution is 0.0950. The third-order valence-corrected chi connectivity index (χ3v) is 3.91. The van der Waals surface area contributed by atoms with E-state index in [-0.39, 0.29) is 12.1 Å². The number of carbonyl (C=O) groups excluding carboxylic acids is 1. The van der Waals surface area contributed by atoms with Gasteiger partial charge in [-0.2, -0.15) is 0 Å². The number of hydrogen-bond donors (Lipinski definition) is 2. The van der Waals surface area contributed by atoms with Crippen LogP contribution in [0.25, 0.3) is 0 Å². The monoisotopic (exact) mass is 333 g/mol. The Bertz CT molecular complexity index is 772. The fraction of sp³-hybridized carbons (Fsp3) is 0.235. The average molecular weight is 333 g/mol. The normalized spacial score (nSPS) is 12.6. The third kappa shape index (κ3) is 2.84. The number of methoxy groups -OCH3 is 1. The molecule has 2 aromatic rings. The van der Waals surface area contributed by atoms with Crippen LogP contribution < -0.4 is 20.3 Å². The highest BCUT2D eigenvalue weighted by Gasteiger charge is 2.20. The fourth-order valence-electron chi connectivity index (χ4n) is 2.77.